The monoisotopic (exact) mass is 460 g/mol. The third-order valence-electron chi connectivity index (χ3n) is 6.24. The van der Waals surface area contributed by atoms with Crippen LogP contribution in [0.25, 0.3) is 0 Å². The van der Waals surface area contributed by atoms with E-state index in [4.69, 9.17) is 0 Å². The number of likely N-dealkylation sites (tertiary alicyclic amines) is 1. The summed E-state index contributed by atoms with van der Waals surface area (Å²) in [5, 5.41) is 5.93. The molecule has 0 unspecified atom stereocenters. The van der Waals surface area contributed by atoms with Crippen molar-refractivity contribution >= 4 is 11.9 Å². The van der Waals surface area contributed by atoms with E-state index in [0.717, 1.165) is 16.8 Å². The minimum Gasteiger partial charge on any atom is -0.350 e. The normalized spacial score (nSPS) is 17.8. The standard InChI is InChI=1S/C27H29FN4O2/c1-19-15-21(10-12-24(19)28)25-13-11-22(26(33)30-17-23-9-5-6-14-29-23)18-32(25)27(34)31-16-20-7-3-2-4-8-20/h2-10,12,14-15,22,25H,11,13,16-18H2,1H3,(H,30,33)(H,31,34)/t22-,25-/m0/s1. The van der Waals surface area contributed by atoms with Gasteiger partial charge in [0.15, 0.2) is 0 Å². The number of hydrogen-bond acceptors (Lipinski definition) is 3. The first kappa shape index (κ1) is 23.4. The molecular formula is C27H29FN4O2. The van der Waals surface area contributed by atoms with Gasteiger partial charge in [0.2, 0.25) is 5.91 Å². The SMILES string of the molecule is Cc1cc([C@@H]2CC[C@H](C(=O)NCc3ccccn3)CN2C(=O)NCc2ccccc2)ccc1F. The van der Waals surface area contributed by atoms with Gasteiger partial charge in [0, 0.05) is 19.3 Å². The van der Waals surface area contributed by atoms with Crippen LogP contribution in [-0.2, 0) is 17.9 Å². The highest BCUT2D eigenvalue weighted by atomic mass is 19.1. The van der Waals surface area contributed by atoms with Gasteiger partial charge in [-0.1, -0.05) is 48.5 Å². The summed E-state index contributed by atoms with van der Waals surface area (Å²) in [4.78, 5) is 32.1. The first-order chi connectivity index (χ1) is 16.5. The van der Waals surface area contributed by atoms with Crippen LogP contribution in [0.4, 0.5) is 9.18 Å². The molecule has 2 atom stereocenters. The second-order valence-corrected chi connectivity index (χ2v) is 8.63. The first-order valence-electron chi connectivity index (χ1n) is 11.5. The number of benzene rings is 2. The van der Waals surface area contributed by atoms with E-state index in [1.54, 1.807) is 30.2 Å². The minimum atomic E-state index is -0.330. The van der Waals surface area contributed by atoms with Gasteiger partial charge in [-0.3, -0.25) is 9.78 Å². The molecule has 2 N–H and O–H groups in total. The lowest BCUT2D eigenvalue weighted by Gasteiger charge is -2.39. The van der Waals surface area contributed by atoms with Gasteiger partial charge in [-0.05, 0) is 54.7 Å². The number of nitrogens with one attached hydrogen (secondary N) is 2. The molecule has 0 aliphatic carbocycles. The number of pyridine rings is 1. The molecule has 3 aromatic rings. The number of hydrogen-bond donors (Lipinski definition) is 2. The fraction of sp³-hybridized carbons (Fsp3) is 0.296. The van der Waals surface area contributed by atoms with Gasteiger partial charge >= 0.3 is 6.03 Å². The smallest absolute Gasteiger partial charge is 0.318 e. The topological polar surface area (TPSA) is 74.3 Å². The molecule has 176 valence electrons. The van der Waals surface area contributed by atoms with Gasteiger partial charge in [-0.2, -0.15) is 0 Å². The Bertz CT molecular complexity index is 1120. The van der Waals surface area contributed by atoms with E-state index in [2.05, 4.69) is 15.6 Å². The maximum atomic E-state index is 13.9. The predicted molar refractivity (Wildman–Crippen MR) is 128 cm³/mol. The van der Waals surface area contributed by atoms with Gasteiger partial charge in [-0.25, -0.2) is 9.18 Å². The van der Waals surface area contributed by atoms with E-state index in [1.165, 1.54) is 6.07 Å². The Balaban J connectivity index is 1.47. The number of urea groups is 1. The molecule has 0 spiro atoms. The Labute approximate surface area is 199 Å². The highest BCUT2D eigenvalue weighted by Crippen LogP contribution is 2.34. The van der Waals surface area contributed by atoms with Crippen molar-refractivity contribution in [2.45, 2.75) is 38.9 Å². The van der Waals surface area contributed by atoms with E-state index in [9.17, 15) is 14.0 Å². The molecule has 1 saturated heterocycles. The number of nitrogens with zero attached hydrogens (tertiary/aromatic N) is 2. The number of carbonyl (C=O) groups excluding carboxylic acids is 2. The molecule has 3 amide bonds. The molecule has 34 heavy (non-hydrogen) atoms. The van der Waals surface area contributed by atoms with Gasteiger partial charge < -0.3 is 15.5 Å². The van der Waals surface area contributed by atoms with E-state index in [-0.39, 0.29) is 36.3 Å². The zero-order valence-electron chi connectivity index (χ0n) is 19.2. The van der Waals surface area contributed by atoms with Crippen LogP contribution in [0.1, 0.15) is 41.3 Å². The molecule has 1 fully saturated rings. The summed E-state index contributed by atoms with van der Waals surface area (Å²) in [7, 11) is 0. The van der Waals surface area contributed by atoms with Crippen molar-refractivity contribution in [2.75, 3.05) is 6.54 Å². The van der Waals surface area contributed by atoms with E-state index in [1.807, 2.05) is 48.5 Å². The summed E-state index contributed by atoms with van der Waals surface area (Å²) in [6.07, 6.45) is 2.94. The van der Waals surface area contributed by atoms with Gasteiger partial charge in [-0.15, -0.1) is 0 Å². The average molecular weight is 461 g/mol. The summed E-state index contributed by atoms with van der Waals surface area (Å²) >= 11 is 0. The molecule has 0 saturated carbocycles. The second kappa shape index (κ2) is 10.9. The average Bonchev–Trinajstić information content (AvgIpc) is 2.88. The molecule has 6 nitrogen and oxygen atoms in total. The Hall–Kier alpha value is -3.74. The molecule has 0 radical (unpaired) electrons. The number of aromatic nitrogens is 1. The van der Waals surface area contributed by atoms with Crippen LogP contribution in [0.15, 0.2) is 72.9 Å². The lowest BCUT2D eigenvalue weighted by atomic mass is 9.88. The molecule has 7 heteroatoms. The van der Waals surface area contributed by atoms with Crippen LogP contribution in [0, 0.1) is 18.7 Å². The van der Waals surface area contributed by atoms with Crippen molar-refractivity contribution in [3.63, 3.8) is 0 Å². The van der Waals surface area contributed by atoms with Crippen LogP contribution >= 0.6 is 0 Å². The number of aryl methyl sites for hydroxylation is 1. The predicted octanol–water partition coefficient (Wildman–Crippen LogP) is 4.51. The number of carbonyl (C=O) groups is 2. The Morgan fingerprint density at radius 2 is 1.79 bits per heavy atom. The van der Waals surface area contributed by atoms with Gasteiger partial charge in [0.1, 0.15) is 5.82 Å². The van der Waals surface area contributed by atoms with Crippen molar-refractivity contribution in [1.82, 2.24) is 20.5 Å². The lowest BCUT2D eigenvalue weighted by molar-refractivity contribution is -0.127. The van der Waals surface area contributed by atoms with Crippen LogP contribution in [0.3, 0.4) is 0 Å². The number of amides is 3. The number of rotatable bonds is 6. The molecule has 0 bridgehead atoms. The molecule has 1 aliphatic rings. The highest BCUT2D eigenvalue weighted by Gasteiger charge is 2.35. The first-order valence-corrected chi connectivity index (χ1v) is 11.5. The van der Waals surface area contributed by atoms with Crippen molar-refractivity contribution in [3.8, 4) is 0 Å². The Morgan fingerprint density at radius 3 is 2.53 bits per heavy atom. The fourth-order valence-corrected chi connectivity index (χ4v) is 4.33. The van der Waals surface area contributed by atoms with Crippen molar-refractivity contribution in [2.24, 2.45) is 5.92 Å². The number of piperidine rings is 1. The maximum absolute atomic E-state index is 13.9. The summed E-state index contributed by atoms with van der Waals surface area (Å²) in [6, 6.07) is 19.7. The van der Waals surface area contributed by atoms with Crippen LogP contribution in [0.5, 0.6) is 0 Å². The molecule has 2 heterocycles. The maximum Gasteiger partial charge on any atom is 0.318 e. The Morgan fingerprint density at radius 1 is 1.00 bits per heavy atom. The van der Waals surface area contributed by atoms with Gasteiger partial charge in [0.25, 0.3) is 0 Å². The summed E-state index contributed by atoms with van der Waals surface area (Å²) in [5.74, 6) is -0.698. The number of halogens is 1. The van der Waals surface area contributed by atoms with Gasteiger partial charge in [0.05, 0.1) is 24.2 Å². The zero-order chi connectivity index (χ0) is 23.9. The van der Waals surface area contributed by atoms with Crippen LogP contribution in [-0.4, -0.2) is 28.4 Å². The van der Waals surface area contributed by atoms with Crippen molar-refractivity contribution < 1.29 is 14.0 Å². The molecule has 1 aromatic heterocycles. The highest BCUT2D eigenvalue weighted by molar-refractivity contribution is 5.81. The van der Waals surface area contributed by atoms with E-state index in [0.29, 0.717) is 31.5 Å². The third kappa shape index (κ3) is 5.78. The zero-order valence-corrected chi connectivity index (χ0v) is 19.2. The second-order valence-electron chi connectivity index (χ2n) is 8.63. The largest absolute Gasteiger partial charge is 0.350 e. The minimum absolute atomic E-state index is 0.0970. The molecule has 1 aliphatic heterocycles. The molecule has 2 aromatic carbocycles. The van der Waals surface area contributed by atoms with E-state index < -0.39 is 0 Å². The van der Waals surface area contributed by atoms with Crippen molar-refractivity contribution in [3.05, 3.63) is 101 Å². The summed E-state index contributed by atoms with van der Waals surface area (Å²) in [6.45, 7) is 2.74. The van der Waals surface area contributed by atoms with Crippen molar-refractivity contribution in [1.29, 1.82) is 0 Å². The summed E-state index contributed by atoms with van der Waals surface area (Å²) in [5.41, 5.74) is 3.19. The lowest BCUT2D eigenvalue weighted by Crippen LogP contribution is -2.50. The van der Waals surface area contributed by atoms with E-state index >= 15 is 0 Å². The van der Waals surface area contributed by atoms with Crippen LogP contribution in [0.2, 0.25) is 0 Å². The molecule has 4 rings (SSSR count). The fourth-order valence-electron chi connectivity index (χ4n) is 4.33. The molecular weight excluding hydrogens is 431 g/mol. The van der Waals surface area contributed by atoms with Crippen LogP contribution < -0.4 is 10.6 Å². The Kier molecular flexibility index (Phi) is 7.52. The summed E-state index contributed by atoms with van der Waals surface area (Å²) < 4.78 is 13.9. The third-order valence-corrected chi connectivity index (χ3v) is 6.24. The quantitative estimate of drug-likeness (QED) is 0.569.